The number of hydrogen-bond acceptors (Lipinski definition) is 2. The Morgan fingerprint density at radius 3 is 2.22 bits per heavy atom. The van der Waals surface area contributed by atoms with E-state index in [9.17, 15) is 17.4 Å². The molecule has 0 amide bonds. The summed E-state index contributed by atoms with van der Waals surface area (Å²) in [5.74, 6) is 0. The molecular formula is C12H13F3O2S. The number of aryl methyl sites for hydroxylation is 1. The molecule has 0 N–H and O–H groups in total. The summed E-state index contributed by atoms with van der Waals surface area (Å²) >= 11 is 0. The van der Waals surface area contributed by atoms with E-state index in [2.05, 4.69) is 4.74 Å². The predicted molar refractivity (Wildman–Crippen MR) is 61.8 cm³/mol. The molecule has 1 aliphatic rings. The van der Waals surface area contributed by atoms with E-state index in [1.807, 2.05) is 6.92 Å². The summed E-state index contributed by atoms with van der Waals surface area (Å²) in [5, 5.41) is -1.11. The number of benzene rings is 1. The van der Waals surface area contributed by atoms with Crippen LogP contribution in [0.1, 0.15) is 12.5 Å². The lowest BCUT2D eigenvalue weighted by molar-refractivity contribution is -0.182. The number of hydrogen-bond donors (Lipinski definition) is 0. The van der Waals surface area contributed by atoms with Crippen LogP contribution in [0.2, 0.25) is 0 Å². The minimum absolute atomic E-state index is 0.396. The molecule has 0 aromatic heterocycles. The number of ether oxygens (including phenoxy) is 1. The topological polar surface area (TPSA) is 29.6 Å². The molecule has 0 spiro atoms. The van der Waals surface area contributed by atoms with E-state index in [-0.39, 0.29) is 0 Å². The van der Waals surface area contributed by atoms with Crippen molar-refractivity contribution in [2.45, 2.75) is 35.8 Å². The van der Waals surface area contributed by atoms with Gasteiger partial charge in [0.1, 0.15) is 0 Å². The van der Waals surface area contributed by atoms with Gasteiger partial charge in [-0.1, -0.05) is 17.7 Å². The van der Waals surface area contributed by atoms with Gasteiger partial charge in [0.15, 0.2) is 0 Å². The number of rotatable bonds is 3. The maximum absolute atomic E-state index is 12.8. The van der Waals surface area contributed by atoms with Gasteiger partial charge >= 0.3 is 6.18 Å². The molecule has 18 heavy (non-hydrogen) atoms. The van der Waals surface area contributed by atoms with E-state index in [0.717, 1.165) is 5.56 Å². The lowest BCUT2D eigenvalue weighted by Crippen LogP contribution is -2.44. The first-order valence-corrected chi connectivity index (χ1v) is 6.67. The van der Waals surface area contributed by atoms with E-state index in [1.165, 1.54) is 6.92 Å². The monoisotopic (exact) mass is 278 g/mol. The van der Waals surface area contributed by atoms with Gasteiger partial charge in [-0.25, -0.2) is 0 Å². The summed E-state index contributed by atoms with van der Waals surface area (Å²) in [6.07, 6.45) is -4.48. The standard InChI is InChI=1S/C12H13F3O2S/c1-8-3-5-10(6-4-8)18(16)9(2)11(7-17-11)12(13,14)15/h3-6,9H,7H2,1-2H3/t9-,11+,18?/m0/s1. The predicted octanol–water partition coefficient (Wildman–Crippen LogP) is 2.82. The molecule has 1 saturated heterocycles. The third-order valence-corrected chi connectivity index (χ3v) is 4.93. The second-order valence-electron chi connectivity index (χ2n) is 4.43. The summed E-state index contributed by atoms with van der Waals surface area (Å²) in [4.78, 5) is 0.396. The average Bonchev–Trinajstić information content (AvgIpc) is 3.08. The molecule has 1 aromatic rings. The van der Waals surface area contributed by atoms with Crippen molar-refractivity contribution in [3.8, 4) is 0 Å². The molecule has 1 aliphatic heterocycles. The molecule has 2 rings (SSSR count). The van der Waals surface area contributed by atoms with Crippen LogP contribution < -0.4 is 0 Å². The molecule has 0 bridgehead atoms. The van der Waals surface area contributed by atoms with Gasteiger partial charge in [-0.3, -0.25) is 4.21 Å². The lowest BCUT2D eigenvalue weighted by atomic mass is 10.1. The van der Waals surface area contributed by atoms with Crippen LogP contribution in [0.25, 0.3) is 0 Å². The van der Waals surface area contributed by atoms with Crippen molar-refractivity contribution in [2.24, 2.45) is 0 Å². The zero-order valence-electron chi connectivity index (χ0n) is 9.95. The first-order valence-electron chi connectivity index (χ1n) is 5.46. The normalized spacial score (nSPS) is 26.7. The van der Waals surface area contributed by atoms with Crippen molar-refractivity contribution in [3.05, 3.63) is 29.8 Å². The fraction of sp³-hybridized carbons (Fsp3) is 0.500. The van der Waals surface area contributed by atoms with Gasteiger partial charge in [-0.15, -0.1) is 0 Å². The molecule has 0 radical (unpaired) electrons. The molecule has 1 aromatic carbocycles. The zero-order chi connectivity index (χ0) is 13.6. The van der Waals surface area contributed by atoms with Gasteiger partial charge in [0.2, 0.25) is 5.60 Å². The van der Waals surface area contributed by atoms with Crippen LogP contribution in [0.4, 0.5) is 13.2 Å². The molecule has 6 heteroatoms. The van der Waals surface area contributed by atoms with E-state index in [0.29, 0.717) is 4.90 Å². The van der Waals surface area contributed by atoms with Gasteiger partial charge in [0.05, 0.1) is 22.7 Å². The molecule has 100 valence electrons. The van der Waals surface area contributed by atoms with E-state index in [4.69, 9.17) is 0 Å². The second-order valence-corrected chi connectivity index (χ2v) is 6.20. The fourth-order valence-electron chi connectivity index (χ4n) is 1.76. The molecular weight excluding hydrogens is 265 g/mol. The minimum atomic E-state index is -4.48. The molecule has 3 atom stereocenters. The van der Waals surface area contributed by atoms with E-state index >= 15 is 0 Å². The van der Waals surface area contributed by atoms with Gasteiger partial charge in [-0.2, -0.15) is 13.2 Å². The Bertz CT molecular complexity index is 463. The molecule has 1 fully saturated rings. The van der Waals surface area contributed by atoms with Crippen molar-refractivity contribution < 1.29 is 22.1 Å². The first kappa shape index (κ1) is 13.5. The second kappa shape index (κ2) is 4.35. The minimum Gasteiger partial charge on any atom is -0.359 e. The van der Waals surface area contributed by atoms with Gasteiger partial charge in [0, 0.05) is 4.90 Å². The van der Waals surface area contributed by atoms with Crippen LogP contribution in [0.5, 0.6) is 0 Å². The van der Waals surface area contributed by atoms with Crippen LogP contribution in [0.3, 0.4) is 0 Å². The first-order chi connectivity index (χ1) is 8.28. The van der Waals surface area contributed by atoms with Gasteiger partial charge in [-0.05, 0) is 26.0 Å². The molecule has 1 heterocycles. The van der Waals surface area contributed by atoms with Crippen molar-refractivity contribution in [2.75, 3.05) is 6.61 Å². The highest BCUT2D eigenvalue weighted by molar-refractivity contribution is 7.85. The van der Waals surface area contributed by atoms with Gasteiger partial charge < -0.3 is 4.74 Å². The Morgan fingerprint density at radius 1 is 1.33 bits per heavy atom. The molecule has 1 unspecified atom stereocenters. The van der Waals surface area contributed by atoms with E-state index < -0.39 is 34.4 Å². The maximum atomic E-state index is 12.8. The summed E-state index contributed by atoms with van der Waals surface area (Å²) < 4.78 is 55.2. The molecule has 0 aliphatic carbocycles. The number of halogens is 3. The van der Waals surface area contributed by atoms with Crippen LogP contribution >= 0.6 is 0 Å². The Labute approximate surface area is 106 Å². The molecule has 0 saturated carbocycles. The van der Waals surface area contributed by atoms with Crippen molar-refractivity contribution in [3.63, 3.8) is 0 Å². The third-order valence-electron chi connectivity index (χ3n) is 3.17. The van der Waals surface area contributed by atoms with Crippen molar-refractivity contribution in [1.29, 1.82) is 0 Å². The van der Waals surface area contributed by atoms with Crippen LogP contribution in [0.15, 0.2) is 29.2 Å². The Hall–Kier alpha value is -0.880. The van der Waals surface area contributed by atoms with Crippen LogP contribution in [-0.4, -0.2) is 27.8 Å². The highest BCUT2D eigenvalue weighted by Crippen LogP contribution is 2.48. The average molecular weight is 278 g/mol. The largest absolute Gasteiger partial charge is 0.420 e. The summed E-state index contributed by atoms with van der Waals surface area (Å²) in [6.45, 7) is 2.77. The Kier molecular flexibility index (Phi) is 3.27. The maximum Gasteiger partial charge on any atom is 0.420 e. The third kappa shape index (κ3) is 2.19. The quantitative estimate of drug-likeness (QED) is 0.796. The fourth-order valence-corrected chi connectivity index (χ4v) is 3.18. The van der Waals surface area contributed by atoms with Crippen molar-refractivity contribution >= 4 is 10.8 Å². The zero-order valence-corrected chi connectivity index (χ0v) is 10.8. The van der Waals surface area contributed by atoms with Gasteiger partial charge in [0.25, 0.3) is 0 Å². The SMILES string of the molecule is Cc1ccc(S(=O)[C@@H](C)[C@@]2(C(F)(F)F)CO2)cc1. The summed E-state index contributed by atoms with van der Waals surface area (Å²) in [6, 6.07) is 6.64. The summed E-state index contributed by atoms with van der Waals surface area (Å²) in [7, 11) is -1.73. The Morgan fingerprint density at radius 2 is 1.83 bits per heavy atom. The number of epoxide rings is 1. The van der Waals surface area contributed by atoms with Crippen molar-refractivity contribution in [1.82, 2.24) is 0 Å². The highest BCUT2D eigenvalue weighted by atomic mass is 32.2. The number of alkyl halides is 3. The van der Waals surface area contributed by atoms with E-state index in [1.54, 1.807) is 24.3 Å². The summed E-state index contributed by atoms with van der Waals surface area (Å²) in [5.41, 5.74) is -1.26. The molecule has 2 nitrogen and oxygen atoms in total. The van der Waals surface area contributed by atoms with Crippen LogP contribution in [0, 0.1) is 6.92 Å². The highest BCUT2D eigenvalue weighted by Gasteiger charge is 2.70. The Balaban J connectivity index is 2.22. The lowest BCUT2D eigenvalue weighted by Gasteiger charge is -2.22. The van der Waals surface area contributed by atoms with Crippen LogP contribution in [-0.2, 0) is 15.5 Å². The smallest absolute Gasteiger partial charge is 0.359 e.